The van der Waals surface area contributed by atoms with Gasteiger partial charge >= 0.3 is 0 Å². The minimum Gasteiger partial charge on any atom is -0.312 e. The summed E-state index contributed by atoms with van der Waals surface area (Å²) in [4.78, 5) is 0. The molecular weight excluding hydrogens is 194 g/mol. The molecule has 16 heavy (non-hydrogen) atoms. The molecule has 1 unspecified atom stereocenters. The highest BCUT2D eigenvalue weighted by atomic mass is 15.0. The Hall–Kier alpha value is -0.0400. The Morgan fingerprint density at radius 1 is 0.812 bits per heavy atom. The van der Waals surface area contributed by atoms with Crippen molar-refractivity contribution >= 4 is 0 Å². The van der Waals surface area contributed by atoms with Crippen molar-refractivity contribution in [2.75, 3.05) is 6.54 Å². The SMILES string of the molecule is CCC(C)(CCC(C)(C)C)CNC(C)(C)C. The van der Waals surface area contributed by atoms with E-state index in [1.807, 2.05) is 0 Å². The average molecular weight is 227 g/mol. The van der Waals surface area contributed by atoms with Gasteiger partial charge in [0, 0.05) is 12.1 Å². The van der Waals surface area contributed by atoms with E-state index in [1.165, 1.54) is 19.3 Å². The van der Waals surface area contributed by atoms with Gasteiger partial charge in [0.15, 0.2) is 0 Å². The lowest BCUT2D eigenvalue weighted by molar-refractivity contribution is 0.201. The van der Waals surface area contributed by atoms with Gasteiger partial charge in [-0.05, 0) is 50.9 Å². The molecule has 0 aromatic carbocycles. The van der Waals surface area contributed by atoms with E-state index in [4.69, 9.17) is 0 Å². The zero-order valence-corrected chi connectivity index (χ0v) is 12.8. The van der Waals surface area contributed by atoms with Crippen LogP contribution in [0.5, 0.6) is 0 Å². The summed E-state index contributed by atoms with van der Waals surface area (Å²) in [6.07, 6.45) is 3.88. The predicted molar refractivity (Wildman–Crippen MR) is 74.8 cm³/mol. The van der Waals surface area contributed by atoms with E-state index in [0.29, 0.717) is 10.8 Å². The van der Waals surface area contributed by atoms with Gasteiger partial charge in [0.1, 0.15) is 0 Å². The molecule has 0 aromatic heterocycles. The van der Waals surface area contributed by atoms with Gasteiger partial charge in [0.2, 0.25) is 0 Å². The fraction of sp³-hybridized carbons (Fsp3) is 1.00. The van der Waals surface area contributed by atoms with E-state index in [-0.39, 0.29) is 5.54 Å². The molecule has 0 saturated heterocycles. The van der Waals surface area contributed by atoms with Gasteiger partial charge in [-0.1, -0.05) is 34.6 Å². The lowest BCUT2D eigenvalue weighted by Crippen LogP contribution is -2.43. The first kappa shape index (κ1) is 16.0. The van der Waals surface area contributed by atoms with Crippen LogP contribution in [-0.2, 0) is 0 Å². The van der Waals surface area contributed by atoms with Crippen LogP contribution in [0, 0.1) is 10.8 Å². The molecule has 98 valence electrons. The summed E-state index contributed by atoms with van der Waals surface area (Å²) < 4.78 is 0. The first-order chi connectivity index (χ1) is 6.97. The predicted octanol–water partition coefficient (Wildman–Crippen LogP) is 4.62. The molecule has 0 spiro atoms. The van der Waals surface area contributed by atoms with Crippen LogP contribution in [0.4, 0.5) is 0 Å². The molecule has 0 aromatic rings. The van der Waals surface area contributed by atoms with E-state index in [9.17, 15) is 0 Å². The zero-order valence-electron chi connectivity index (χ0n) is 12.8. The first-order valence-corrected chi connectivity index (χ1v) is 6.72. The van der Waals surface area contributed by atoms with Gasteiger partial charge in [0.05, 0.1) is 0 Å². The van der Waals surface area contributed by atoms with Crippen molar-refractivity contribution in [2.24, 2.45) is 10.8 Å². The highest BCUT2D eigenvalue weighted by molar-refractivity contribution is 4.82. The second-order valence-corrected chi connectivity index (χ2v) is 7.83. The molecule has 0 heterocycles. The molecule has 0 radical (unpaired) electrons. The third-order valence-corrected chi connectivity index (χ3v) is 3.38. The average Bonchev–Trinajstić information content (AvgIpc) is 2.09. The number of hydrogen-bond donors (Lipinski definition) is 1. The topological polar surface area (TPSA) is 12.0 Å². The molecule has 0 aliphatic carbocycles. The van der Waals surface area contributed by atoms with Crippen LogP contribution in [0.25, 0.3) is 0 Å². The molecular formula is C15H33N. The van der Waals surface area contributed by atoms with Gasteiger partial charge in [-0.25, -0.2) is 0 Å². The van der Waals surface area contributed by atoms with Crippen LogP contribution in [0.3, 0.4) is 0 Å². The molecule has 1 atom stereocenters. The maximum atomic E-state index is 3.65. The fourth-order valence-electron chi connectivity index (χ4n) is 1.55. The molecule has 0 rings (SSSR count). The normalized spacial score (nSPS) is 17.2. The van der Waals surface area contributed by atoms with Crippen LogP contribution >= 0.6 is 0 Å². The van der Waals surface area contributed by atoms with Gasteiger partial charge < -0.3 is 5.32 Å². The van der Waals surface area contributed by atoms with Gasteiger partial charge in [-0.2, -0.15) is 0 Å². The lowest BCUT2D eigenvalue weighted by Gasteiger charge is -2.35. The van der Waals surface area contributed by atoms with Crippen molar-refractivity contribution in [2.45, 2.75) is 80.2 Å². The van der Waals surface area contributed by atoms with Crippen molar-refractivity contribution < 1.29 is 0 Å². The summed E-state index contributed by atoms with van der Waals surface area (Å²) in [5, 5.41) is 3.65. The van der Waals surface area contributed by atoms with Crippen LogP contribution in [-0.4, -0.2) is 12.1 Å². The van der Waals surface area contributed by atoms with Crippen LogP contribution < -0.4 is 5.32 Å². The second-order valence-electron chi connectivity index (χ2n) is 7.83. The van der Waals surface area contributed by atoms with E-state index in [1.54, 1.807) is 0 Å². The Morgan fingerprint density at radius 3 is 1.62 bits per heavy atom. The molecule has 0 aliphatic heterocycles. The molecule has 0 saturated carbocycles. The summed E-state index contributed by atoms with van der Waals surface area (Å²) in [6.45, 7) is 19.6. The first-order valence-electron chi connectivity index (χ1n) is 6.72. The standard InChI is InChI=1S/C15H33N/c1-9-15(8,11-10-13(2,3)4)12-16-14(5,6)7/h16H,9-12H2,1-8H3. The van der Waals surface area contributed by atoms with Gasteiger partial charge in [-0.15, -0.1) is 0 Å². The smallest absolute Gasteiger partial charge is 0.00967 e. The van der Waals surface area contributed by atoms with Gasteiger partial charge in [0.25, 0.3) is 0 Å². The lowest BCUT2D eigenvalue weighted by atomic mass is 9.77. The van der Waals surface area contributed by atoms with E-state index < -0.39 is 0 Å². The molecule has 0 fully saturated rings. The zero-order chi connectivity index (χ0) is 13.0. The highest BCUT2D eigenvalue weighted by Crippen LogP contribution is 2.33. The van der Waals surface area contributed by atoms with Crippen molar-refractivity contribution in [3.05, 3.63) is 0 Å². The quantitative estimate of drug-likeness (QED) is 0.723. The minimum absolute atomic E-state index is 0.234. The summed E-state index contributed by atoms with van der Waals surface area (Å²) in [5.41, 5.74) is 1.14. The minimum atomic E-state index is 0.234. The summed E-state index contributed by atoms with van der Waals surface area (Å²) >= 11 is 0. The summed E-state index contributed by atoms with van der Waals surface area (Å²) in [5.74, 6) is 0. The van der Waals surface area contributed by atoms with Crippen molar-refractivity contribution in [1.82, 2.24) is 5.32 Å². The number of hydrogen-bond acceptors (Lipinski definition) is 1. The largest absolute Gasteiger partial charge is 0.312 e. The third kappa shape index (κ3) is 8.15. The Kier molecular flexibility index (Phi) is 5.52. The van der Waals surface area contributed by atoms with Crippen molar-refractivity contribution in [1.29, 1.82) is 0 Å². The molecule has 1 N–H and O–H groups in total. The number of nitrogens with one attached hydrogen (secondary N) is 1. The second kappa shape index (κ2) is 5.53. The van der Waals surface area contributed by atoms with Crippen molar-refractivity contribution in [3.63, 3.8) is 0 Å². The Bertz CT molecular complexity index is 174. The number of rotatable bonds is 5. The molecule has 1 nitrogen and oxygen atoms in total. The van der Waals surface area contributed by atoms with Crippen molar-refractivity contribution in [3.8, 4) is 0 Å². The van der Waals surface area contributed by atoms with Gasteiger partial charge in [-0.3, -0.25) is 0 Å². The maximum Gasteiger partial charge on any atom is 0.00967 e. The Labute approximate surface area is 103 Å². The van der Waals surface area contributed by atoms with Crippen LogP contribution in [0.1, 0.15) is 74.7 Å². The van der Waals surface area contributed by atoms with E-state index >= 15 is 0 Å². The summed E-state index contributed by atoms with van der Waals surface area (Å²) in [7, 11) is 0. The monoisotopic (exact) mass is 227 g/mol. The third-order valence-electron chi connectivity index (χ3n) is 3.38. The van der Waals surface area contributed by atoms with E-state index in [2.05, 4.69) is 60.7 Å². The molecule has 1 heteroatoms. The highest BCUT2D eigenvalue weighted by Gasteiger charge is 2.26. The maximum absolute atomic E-state index is 3.65. The molecule has 0 aliphatic rings. The fourth-order valence-corrected chi connectivity index (χ4v) is 1.55. The Morgan fingerprint density at radius 2 is 1.31 bits per heavy atom. The molecule has 0 amide bonds. The van der Waals surface area contributed by atoms with Crippen LogP contribution in [0.15, 0.2) is 0 Å². The van der Waals surface area contributed by atoms with Crippen LogP contribution in [0.2, 0.25) is 0 Å². The van der Waals surface area contributed by atoms with E-state index in [0.717, 1.165) is 6.54 Å². The summed E-state index contributed by atoms with van der Waals surface area (Å²) in [6, 6.07) is 0. The Balaban J connectivity index is 4.21. The molecule has 0 bridgehead atoms.